The molecule has 6 nitrogen and oxygen atoms in total. The molecule has 3 aromatic rings. The van der Waals surface area contributed by atoms with E-state index in [1.807, 2.05) is 45.0 Å². The lowest BCUT2D eigenvalue weighted by molar-refractivity contribution is 0.0492. The number of aromatic nitrogens is 2. The summed E-state index contributed by atoms with van der Waals surface area (Å²) in [4.78, 5) is 21.1. The topological polar surface area (TPSA) is 76.1 Å². The van der Waals surface area contributed by atoms with Crippen molar-refractivity contribution < 1.29 is 13.9 Å². The normalized spacial score (nSPS) is 18.1. The van der Waals surface area contributed by atoms with E-state index in [1.54, 1.807) is 18.3 Å². The highest BCUT2D eigenvalue weighted by Crippen LogP contribution is 2.31. The molecular formula is C27H30ClFN4O2. The fraction of sp³-hybridized carbons (Fsp3) is 0.370. The number of benzene rings is 2. The third-order valence-electron chi connectivity index (χ3n) is 5.84. The maximum absolute atomic E-state index is 13.3. The first-order valence-corrected chi connectivity index (χ1v) is 12.2. The summed E-state index contributed by atoms with van der Waals surface area (Å²) >= 11 is 6.45. The molecule has 8 heteroatoms. The molecule has 0 aliphatic heterocycles. The van der Waals surface area contributed by atoms with Crippen molar-refractivity contribution in [2.45, 2.75) is 64.1 Å². The molecule has 0 saturated heterocycles. The molecule has 35 heavy (non-hydrogen) atoms. The molecule has 0 spiro atoms. The van der Waals surface area contributed by atoms with Gasteiger partial charge < -0.3 is 15.4 Å². The monoisotopic (exact) mass is 496 g/mol. The number of rotatable bonds is 5. The Balaban J connectivity index is 1.40. The van der Waals surface area contributed by atoms with Crippen molar-refractivity contribution in [1.82, 2.24) is 15.3 Å². The van der Waals surface area contributed by atoms with Crippen LogP contribution in [0.2, 0.25) is 5.02 Å². The number of carbonyl (C=O) groups is 1. The minimum absolute atomic E-state index is 0.0961. The smallest absolute Gasteiger partial charge is 0.407 e. The van der Waals surface area contributed by atoms with Crippen molar-refractivity contribution in [2.75, 3.05) is 5.32 Å². The van der Waals surface area contributed by atoms with E-state index >= 15 is 0 Å². The van der Waals surface area contributed by atoms with Gasteiger partial charge in [0.15, 0.2) is 0 Å². The minimum Gasteiger partial charge on any atom is -0.444 e. The van der Waals surface area contributed by atoms with Crippen molar-refractivity contribution in [3.8, 4) is 22.4 Å². The predicted octanol–water partition coefficient (Wildman–Crippen LogP) is 6.85. The van der Waals surface area contributed by atoms with Gasteiger partial charge in [0, 0.05) is 17.6 Å². The molecule has 1 amide bonds. The number of hydrogen-bond donors (Lipinski definition) is 2. The van der Waals surface area contributed by atoms with Crippen LogP contribution in [0.15, 0.2) is 54.7 Å². The number of carbonyl (C=O) groups excluding carboxylic acids is 1. The third kappa shape index (κ3) is 6.92. The van der Waals surface area contributed by atoms with Crippen LogP contribution in [0.3, 0.4) is 0 Å². The second kappa shape index (κ2) is 10.6. The van der Waals surface area contributed by atoms with Crippen molar-refractivity contribution in [1.29, 1.82) is 0 Å². The van der Waals surface area contributed by atoms with Crippen LogP contribution in [0.5, 0.6) is 0 Å². The molecule has 0 radical (unpaired) electrons. The number of anilines is 1. The van der Waals surface area contributed by atoms with Crippen LogP contribution in [0, 0.1) is 5.82 Å². The van der Waals surface area contributed by atoms with Gasteiger partial charge in [-0.25, -0.2) is 19.2 Å². The third-order valence-corrected chi connectivity index (χ3v) is 6.12. The number of amides is 1. The Morgan fingerprint density at radius 1 is 1.00 bits per heavy atom. The van der Waals surface area contributed by atoms with Crippen LogP contribution in [-0.2, 0) is 4.74 Å². The zero-order chi connectivity index (χ0) is 25.0. The molecular weight excluding hydrogens is 467 g/mol. The van der Waals surface area contributed by atoms with Crippen molar-refractivity contribution in [3.63, 3.8) is 0 Å². The Hall–Kier alpha value is -3.19. The number of halogens is 2. The average Bonchev–Trinajstić information content (AvgIpc) is 2.81. The first kappa shape index (κ1) is 24.9. The summed E-state index contributed by atoms with van der Waals surface area (Å²) in [5.41, 5.74) is 2.84. The summed E-state index contributed by atoms with van der Waals surface area (Å²) in [6, 6.07) is 14.5. The Kier molecular flexibility index (Phi) is 7.55. The number of hydrogen-bond acceptors (Lipinski definition) is 5. The molecule has 4 rings (SSSR count). The van der Waals surface area contributed by atoms with Gasteiger partial charge in [-0.15, -0.1) is 0 Å². The Morgan fingerprint density at radius 2 is 1.66 bits per heavy atom. The highest BCUT2D eigenvalue weighted by atomic mass is 35.5. The van der Waals surface area contributed by atoms with Gasteiger partial charge >= 0.3 is 6.09 Å². The lowest BCUT2D eigenvalue weighted by Gasteiger charge is -2.30. The van der Waals surface area contributed by atoms with Crippen molar-refractivity contribution in [2.24, 2.45) is 0 Å². The SMILES string of the molecule is CC(C)(C)OC(=O)NC1CCC(Nc2ncc(Cl)c(-c3cccc(-c4ccc(F)cc4)c3)n2)CC1. The number of ether oxygens (including phenoxy) is 1. The second-order valence-corrected chi connectivity index (χ2v) is 10.2. The van der Waals surface area contributed by atoms with Crippen LogP contribution in [0.1, 0.15) is 46.5 Å². The molecule has 0 atom stereocenters. The van der Waals surface area contributed by atoms with E-state index in [-0.39, 0.29) is 24.0 Å². The standard InChI is InChI=1S/C27H30ClFN4O2/c1-27(2,3)35-26(34)32-22-13-11-21(12-14-22)31-25-30-16-23(28)24(33-25)19-6-4-5-18(15-19)17-7-9-20(29)10-8-17/h4-10,15-16,21-22H,11-14H2,1-3H3,(H,32,34)(H,30,31,33). The largest absolute Gasteiger partial charge is 0.444 e. The number of nitrogens with one attached hydrogen (secondary N) is 2. The highest BCUT2D eigenvalue weighted by Gasteiger charge is 2.25. The summed E-state index contributed by atoms with van der Waals surface area (Å²) in [5, 5.41) is 6.83. The van der Waals surface area contributed by atoms with Gasteiger partial charge in [-0.2, -0.15) is 0 Å². The lowest BCUT2D eigenvalue weighted by atomic mass is 9.91. The minimum atomic E-state index is -0.509. The predicted molar refractivity (Wildman–Crippen MR) is 137 cm³/mol. The van der Waals surface area contributed by atoms with Crippen LogP contribution in [0.4, 0.5) is 15.1 Å². The zero-order valence-electron chi connectivity index (χ0n) is 20.1. The molecule has 0 unspecified atom stereocenters. The molecule has 0 bridgehead atoms. The fourth-order valence-electron chi connectivity index (χ4n) is 4.17. The average molecular weight is 497 g/mol. The van der Waals surface area contributed by atoms with Crippen LogP contribution in [0.25, 0.3) is 22.4 Å². The fourth-order valence-corrected chi connectivity index (χ4v) is 4.37. The summed E-state index contributed by atoms with van der Waals surface area (Å²) in [7, 11) is 0. The molecule has 1 aromatic heterocycles. The van der Waals surface area contributed by atoms with E-state index in [1.165, 1.54) is 12.1 Å². The maximum Gasteiger partial charge on any atom is 0.407 e. The highest BCUT2D eigenvalue weighted by molar-refractivity contribution is 6.32. The van der Waals surface area contributed by atoms with E-state index in [4.69, 9.17) is 16.3 Å². The Labute approximate surface area is 210 Å². The molecule has 184 valence electrons. The van der Waals surface area contributed by atoms with Gasteiger partial charge in [-0.05, 0) is 75.8 Å². The van der Waals surface area contributed by atoms with E-state index < -0.39 is 5.60 Å². The quantitative estimate of drug-likeness (QED) is 0.404. The Bertz CT molecular complexity index is 1170. The van der Waals surface area contributed by atoms with Crippen LogP contribution < -0.4 is 10.6 Å². The molecule has 2 aromatic carbocycles. The maximum atomic E-state index is 13.3. The molecule has 1 aliphatic carbocycles. The molecule has 1 saturated carbocycles. The van der Waals surface area contributed by atoms with Crippen molar-refractivity contribution in [3.05, 3.63) is 65.6 Å². The molecule has 2 N–H and O–H groups in total. The van der Waals surface area contributed by atoms with E-state index in [9.17, 15) is 9.18 Å². The number of nitrogens with zero attached hydrogens (tertiary/aromatic N) is 2. The summed E-state index contributed by atoms with van der Waals surface area (Å²) in [6.07, 6.45) is 4.67. The zero-order valence-corrected chi connectivity index (χ0v) is 20.9. The number of alkyl carbamates (subject to hydrolysis) is 1. The van der Waals surface area contributed by atoms with Gasteiger partial charge in [0.1, 0.15) is 11.4 Å². The summed E-state index contributed by atoms with van der Waals surface area (Å²) < 4.78 is 18.7. The second-order valence-electron chi connectivity index (χ2n) is 9.82. The van der Waals surface area contributed by atoms with Gasteiger partial charge in [-0.1, -0.05) is 41.9 Å². The van der Waals surface area contributed by atoms with Gasteiger partial charge in [0.05, 0.1) is 16.9 Å². The molecule has 1 aliphatic rings. The lowest BCUT2D eigenvalue weighted by Crippen LogP contribution is -2.42. The molecule has 1 fully saturated rings. The van der Waals surface area contributed by atoms with Crippen molar-refractivity contribution >= 4 is 23.6 Å². The first-order chi connectivity index (χ1) is 16.7. The van der Waals surface area contributed by atoms with E-state index in [0.29, 0.717) is 16.7 Å². The van der Waals surface area contributed by atoms with Crippen LogP contribution in [-0.4, -0.2) is 33.7 Å². The van der Waals surface area contributed by atoms with Gasteiger partial charge in [-0.3, -0.25) is 0 Å². The van der Waals surface area contributed by atoms with Gasteiger partial charge in [0.2, 0.25) is 5.95 Å². The summed E-state index contributed by atoms with van der Waals surface area (Å²) in [5.74, 6) is 0.245. The van der Waals surface area contributed by atoms with E-state index in [0.717, 1.165) is 42.4 Å². The Morgan fingerprint density at radius 3 is 2.34 bits per heavy atom. The summed E-state index contributed by atoms with van der Waals surface area (Å²) in [6.45, 7) is 5.56. The first-order valence-electron chi connectivity index (χ1n) is 11.8. The van der Waals surface area contributed by atoms with Gasteiger partial charge in [0.25, 0.3) is 0 Å². The van der Waals surface area contributed by atoms with Crippen LogP contribution >= 0.6 is 11.6 Å². The van der Waals surface area contributed by atoms with E-state index in [2.05, 4.69) is 20.6 Å². The molecule has 1 heterocycles.